The molecule has 10 heteroatoms. The van der Waals surface area contributed by atoms with E-state index in [0.717, 1.165) is 12.8 Å². The van der Waals surface area contributed by atoms with Crippen molar-refractivity contribution in [1.29, 1.82) is 0 Å². The minimum atomic E-state index is -0.918. The summed E-state index contributed by atoms with van der Waals surface area (Å²) in [5.41, 5.74) is -0.0539. The first-order chi connectivity index (χ1) is 14.9. The molecular formula is C21H24N6O4. The number of anilines is 3. The highest BCUT2D eigenvalue weighted by Crippen LogP contribution is 2.37. The minimum absolute atomic E-state index is 0.0439. The smallest absolute Gasteiger partial charge is 0.276 e. The number of aliphatic hydroxyl groups excluding tert-OH is 1. The zero-order valence-corrected chi connectivity index (χ0v) is 17.1. The Morgan fingerprint density at radius 1 is 1.23 bits per heavy atom. The second-order valence-electron chi connectivity index (χ2n) is 8.64. The third-order valence-corrected chi connectivity index (χ3v) is 6.21. The number of aliphatic hydroxyl groups is 1. The van der Waals surface area contributed by atoms with Crippen LogP contribution in [0.5, 0.6) is 0 Å². The van der Waals surface area contributed by atoms with E-state index in [4.69, 9.17) is 0 Å². The van der Waals surface area contributed by atoms with Crippen LogP contribution in [0.15, 0.2) is 23.3 Å². The first-order valence-electron chi connectivity index (χ1n) is 10.5. The van der Waals surface area contributed by atoms with E-state index in [1.165, 1.54) is 10.9 Å². The normalized spacial score (nSPS) is 24.6. The lowest BCUT2D eigenvalue weighted by Gasteiger charge is -2.37. The van der Waals surface area contributed by atoms with Crippen molar-refractivity contribution >= 4 is 29.1 Å². The van der Waals surface area contributed by atoms with E-state index in [-0.39, 0.29) is 29.0 Å². The van der Waals surface area contributed by atoms with Crippen molar-refractivity contribution in [1.82, 2.24) is 19.9 Å². The molecule has 10 nitrogen and oxygen atoms in total. The standard InChI is InChI=1S/C21H24N6O4/c1-11-7-14(24-15-8-16(23-10-22-15)25-18(29)12-4-5-12)20(31)27-17(11)19(30)26-21(27)6-2-3-13(28)9-21/h7-8,10,12-13,28H,2-6,9H2,1H3,(H,26,30)(H2,22,23,24,25,29). The molecule has 1 aliphatic heterocycles. The number of carbonyl (C=O) groups excluding carboxylic acids is 2. The number of pyridine rings is 1. The maximum atomic E-state index is 13.4. The van der Waals surface area contributed by atoms with Gasteiger partial charge in [0.15, 0.2) is 0 Å². The highest BCUT2D eigenvalue weighted by Gasteiger charge is 2.47. The maximum absolute atomic E-state index is 13.4. The average molecular weight is 424 g/mol. The Labute approximate surface area is 178 Å². The molecule has 5 rings (SSSR count). The highest BCUT2D eigenvalue weighted by atomic mass is 16.3. The number of hydrogen-bond donors (Lipinski definition) is 4. The summed E-state index contributed by atoms with van der Waals surface area (Å²) in [4.78, 5) is 46.3. The van der Waals surface area contributed by atoms with Gasteiger partial charge in [-0.25, -0.2) is 9.97 Å². The van der Waals surface area contributed by atoms with Crippen molar-refractivity contribution < 1.29 is 14.7 Å². The lowest BCUT2D eigenvalue weighted by Crippen LogP contribution is -2.51. The van der Waals surface area contributed by atoms with Crippen LogP contribution in [0.3, 0.4) is 0 Å². The molecule has 2 aromatic rings. The zero-order chi connectivity index (χ0) is 21.8. The Morgan fingerprint density at radius 3 is 2.74 bits per heavy atom. The molecule has 2 saturated carbocycles. The van der Waals surface area contributed by atoms with Crippen molar-refractivity contribution in [3.8, 4) is 0 Å². The fraction of sp³-hybridized carbons (Fsp3) is 0.476. The topological polar surface area (TPSA) is 138 Å². The molecule has 2 aliphatic carbocycles. The SMILES string of the molecule is Cc1cc(Nc2cc(NC(=O)C3CC3)ncn2)c(=O)n2c1C(=O)NC21CCCC(O)C1. The molecule has 0 aromatic carbocycles. The molecule has 2 amide bonds. The maximum Gasteiger partial charge on any atom is 0.276 e. The molecule has 2 fully saturated rings. The molecule has 0 radical (unpaired) electrons. The Bertz CT molecular complexity index is 1140. The lowest BCUT2D eigenvalue weighted by atomic mass is 9.87. The Hall–Kier alpha value is -3.27. The Morgan fingerprint density at radius 2 is 2.00 bits per heavy atom. The number of aryl methyl sites for hydroxylation is 1. The van der Waals surface area contributed by atoms with Crippen molar-refractivity contribution in [3.63, 3.8) is 0 Å². The number of rotatable bonds is 4. The Balaban J connectivity index is 1.49. The van der Waals surface area contributed by atoms with E-state index >= 15 is 0 Å². The average Bonchev–Trinajstić information content (AvgIpc) is 3.52. The van der Waals surface area contributed by atoms with Crippen molar-refractivity contribution in [2.75, 3.05) is 10.6 Å². The number of carbonyl (C=O) groups is 2. The van der Waals surface area contributed by atoms with E-state index < -0.39 is 11.8 Å². The summed E-state index contributed by atoms with van der Waals surface area (Å²) < 4.78 is 1.49. The molecule has 2 unspecified atom stereocenters. The molecular weight excluding hydrogens is 400 g/mol. The van der Waals surface area contributed by atoms with Crippen LogP contribution in [-0.2, 0) is 10.5 Å². The molecule has 31 heavy (non-hydrogen) atoms. The summed E-state index contributed by atoms with van der Waals surface area (Å²) in [5, 5.41) is 18.9. The van der Waals surface area contributed by atoms with Crippen LogP contribution in [0.4, 0.5) is 17.3 Å². The summed E-state index contributed by atoms with van der Waals surface area (Å²) in [6.45, 7) is 1.77. The van der Waals surface area contributed by atoms with Gasteiger partial charge in [0.1, 0.15) is 35.0 Å². The third-order valence-electron chi connectivity index (χ3n) is 6.21. The number of fused-ring (bicyclic) bond motifs is 2. The summed E-state index contributed by atoms with van der Waals surface area (Å²) in [6.07, 6.45) is 4.73. The van der Waals surface area contributed by atoms with Crippen LogP contribution < -0.4 is 21.5 Å². The second kappa shape index (κ2) is 7.16. The van der Waals surface area contributed by atoms with Gasteiger partial charge in [-0.3, -0.25) is 19.0 Å². The van der Waals surface area contributed by atoms with Gasteiger partial charge in [0.05, 0.1) is 6.10 Å². The quantitative estimate of drug-likeness (QED) is 0.581. The van der Waals surface area contributed by atoms with Gasteiger partial charge in [-0.2, -0.15) is 0 Å². The number of aromatic nitrogens is 3. The predicted octanol–water partition coefficient (Wildman–Crippen LogP) is 1.37. The molecule has 0 saturated heterocycles. The summed E-state index contributed by atoms with van der Waals surface area (Å²) in [6, 6.07) is 3.19. The predicted molar refractivity (Wildman–Crippen MR) is 112 cm³/mol. The fourth-order valence-corrected chi connectivity index (χ4v) is 4.60. The van der Waals surface area contributed by atoms with Gasteiger partial charge < -0.3 is 21.1 Å². The summed E-state index contributed by atoms with van der Waals surface area (Å²) in [5.74, 6) is 0.384. The fourth-order valence-electron chi connectivity index (χ4n) is 4.60. The van der Waals surface area contributed by atoms with E-state index in [9.17, 15) is 19.5 Å². The van der Waals surface area contributed by atoms with Gasteiger partial charge in [0.2, 0.25) is 5.91 Å². The second-order valence-corrected chi connectivity index (χ2v) is 8.64. The van der Waals surface area contributed by atoms with Crippen molar-refractivity contribution in [2.45, 2.75) is 57.2 Å². The van der Waals surface area contributed by atoms with Gasteiger partial charge >= 0.3 is 0 Å². The van der Waals surface area contributed by atoms with E-state index in [0.29, 0.717) is 48.6 Å². The first kappa shape index (κ1) is 19.7. The van der Waals surface area contributed by atoms with Crippen LogP contribution in [0.1, 0.15) is 54.6 Å². The number of nitrogens with one attached hydrogen (secondary N) is 3. The third kappa shape index (κ3) is 3.46. The molecule has 4 N–H and O–H groups in total. The van der Waals surface area contributed by atoms with Crippen LogP contribution >= 0.6 is 0 Å². The monoisotopic (exact) mass is 424 g/mol. The summed E-state index contributed by atoms with van der Waals surface area (Å²) in [7, 11) is 0. The molecule has 3 aliphatic rings. The number of hydrogen-bond acceptors (Lipinski definition) is 7. The number of amides is 2. The van der Waals surface area contributed by atoms with Crippen molar-refractivity contribution in [3.05, 3.63) is 40.1 Å². The molecule has 0 bridgehead atoms. The van der Waals surface area contributed by atoms with Gasteiger partial charge in [0.25, 0.3) is 11.5 Å². The summed E-state index contributed by atoms with van der Waals surface area (Å²) >= 11 is 0. The molecule has 3 heterocycles. The highest BCUT2D eigenvalue weighted by molar-refractivity contribution is 5.97. The Kier molecular flexibility index (Phi) is 4.54. The van der Waals surface area contributed by atoms with Crippen LogP contribution in [0, 0.1) is 12.8 Å². The van der Waals surface area contributed by atoms with Gasteiger partial charge in [0, 0.05) is 18.4 Å². The van der Waals surface area contributed by atoms with E-state index in [2.05, 4.69) is 25.9 Å². The minimum Gasteiger partial charge on any atom is -0.393 e. The molecule has 2 atom stereocenters. The number of nitrogens with zero attached hydrogens (tertiary/aromatic N) is 3. The zero-order valence-electron chi connectivity index (χ0n) is 17.1. The van der Waals surface area contributed by atoms with Crippen LogP contribution in [0.2, 0.25) is 0 Å². The van der Waals surface area contributed by atoms with Crippen LogP contribution in [-0.4, -0.2) is 37.6 Å². The molecule has 1 spiro atoms. The van der Waals surface area contributed by atoms with Gasteiger partial charge in [-0.1, -0.05) is 0 Å². The van der Waals surface area contributed by atoms with Crippen molar-refractivity contribution in [2.24, 2.45) is 5.92 Å². The molecule has 2 aromatic heterocycles. The lowest BCUT2D eigenvalue weighted by molar-refractivity contribution is -0.117. The first-order valence-corrected chi connectivity index (χ1v) is 10.5. The molecule has 162 valence electrons. The van der Waals surface area contributed by atoms with Gasteiger partial charge in [-0.05, 0) is 50.7 Å². The van der Waals surface area contributed by atoms with Gasteiger partial charge in [-0.15, -0.1) is 0 Å². The largest absolute Gasteiger partial charge is 0.393 e. The van der Waals surface area contributed by atoms with Crippen LogP contribution in [0.25, 0.3) is 0 Å². The van der Waals surface area contributed by atoms with E-state index in [1.807, 2.05) is 0 Å². The van der Waals surface area contributed by atoms with E-state index in [1.54, 1.807) is 19.1 Å².